The molecule has 0 bridgehead atoms. The van der Waals surface area contributed by atoms with Crippen LogP contribution in [0.1, 0.15) is 11.4 Å². The highest BCUT2D eigenvalue weighted by atomic mass is 35.5. The molecule has 0 aliphatic rings. The Bertz CT molecular complexity index is 615. The van der Waals surface area contributed by atoms with Gasteiger partial charge in [-0.2, -0.15) is 5.10 Å². The minimum Gasteiger partial charge on any atom is -0.271 e. The zero-order valence-corrected chi connectivity index (χ0v) is 14.3. The summed E-state index contributed by atoms with van der Waals surface area (Å²) >= 11 is 14.0. The summed E-state index contributed by atoms with van der Waals surface area (Å²) in [5.74, 6) is 6.48. The molecule has 0 aliphatic heterocycles. The molecule has 0 amide bonds. The molecule has 0 saturated heterocycles. The molecule has 2 aromatic rings. The summed E-state index contributed by atoms with van der Waals surface area (Å²) in [7, 11) is 1.89. The summed E-state index contributed by atoms with van der Waals surface area (Å²) in [4.78, 5) is 1.12. The molecular formula is C14H18Cl2N4S. The average molecular weight is 345 g/mol. The van der Waals surface area contributed by atoms with Crippen molar-refractivity contribution in [3.05, 3.63) is 45.7 Å². The Balaban J connectivity index is 2.00. The molecule has 0 radical (unpaired) electrons. The number of aryl methyl sites for hydroxylation is 2. The molecule has 1 unspecified atom stereocenters. The van der Waals surface area contributed by atoms with Crippen molar-refractivity contribution < 1.29 is 0 Å². The van der Waals surface area contributed by atoms with Gasteiger partial charge in [0, 0.05) is 35.2 Å². The lowest BCUT2D eigenvalue weighted by Gasteiger charge is -2.16. The van der Waals surface area contributed by atoms with E-state index in [9.17, 15) is 0 Å². The highest BCUT2D eigenvalue weighted by Gasteiger charge is 2.16. The van der Waals surface area contributed by atoms with E-state index in [0.29, 0.717) is 5.02 Å². The Labute approximate surface area is 139 Å². The number of benzene rings is 1. The summed E-state index contributed by atoms with van der Waals surface area (Å²) in [6.07, 6.45) is 0.722. The average Bonchev–Trinajstić information content (AvgIpc) is 2.69. The van der Waals surface area contributed by atoms with Crippen LogP contribution in [0, 0.1) is 6.92 Å². The van der Waals surface area contributed by atoms with Crippen LogP contribution >= 0.6 is 35.0 Å². The van der Waals surface area contributed by atoms with Gasteiger partial charge in [-0.3, -0.25) is 16.0 Å². The lowest BCUT2D eigenvalue weighted by molar-refractivity contribution is 0.551. The van der Waals surface area contributed by atoms with E-state index in [-0.39, 0.29) is 6.04 Å². The Morgan fingerprint density at radius 2 is 2.19 bits per heavy atom. The third-order valence-electron chi connectivity index (χ3n) is 3.18. The number of hydrazine groups is 1. The number of aromatic nitrogens is 2. The third-order valence-corrected chi connectivity index (χ3v) is 5.07. The van der Waals surface area contributed by atoms with Gasteiger partial charge in [-0.25, -0.2) is 0 Å². The van der Waals surface area contributed by atoms with E-state index in [1.165, 1.54) is 0 Å². The first kappa shape index (κ1) is 16.6. The lowest BCUT2D eigenvalue weighted by atomic mass is 10.2. The number of nitrogens with zero attached hydrogens (tertiary/aromatic N) is 2. The molecule has 1 atom stereocenters. The van der Waals surface area contributed by atoms with Crippen molar-refractivity contribution in [3.8, 4) is 0 Å². The highest BCUT2D eigenvalue weighted by Crippen LogP contribution is 2.25. The van der Waals surface area contributed by atoms with Crippen molar-refractivity contribution in [1.82, 2.24) is 15.2 Å². The number of nitrogens with two attached hydrogens (primary N) is 1. The Kier molecular flexibility index (Phi) is 5.96. The molecule has 0 saturated carbocycles. The number of halogens is 2. The van der Waals surface area contributed by atoms with Crippen LogP contribution < -0.4 is 11.3 Å². The van der Waals surface area contributed by atoms with Crippen molar-refractivity contribution in [2.24, 2.45) is 12.9 Å². The topological polar surface area (TPSA) is 55.9 Å². The first-order valence-corrected chi connectivity index (χ1v) is 8.28. The maximum absolute atomic E-state index is 6.28. The van der Waals surface area contributed by atoms with Gasteiger partial charge in [-0.15, -0.1) is 11.8 Å². The fraction of sp³-hybridized carbons (Fsp3) is 0.357. The van der Waals surface area contributed by atoms with Crippen LogP contribution in [0.15, 0.2) is 29.2 Å². The fourth-order valence-corrected chi connectivity index (χ4v) is 3.54. The monoisotopic (exact) mass is 344 g/mol. The summed E-state index contributed by atoms with van der Waals surface area (Å²) in [6.45, 7) is 1.90. The molecule has 7 heteroatoms. The van der Waals surface area contributed by atoms with Gasteiger partial charge in [0.05, 0.1) is 16.4 Å². The van der Waals surface area contributed by atoms with Gasteiger partial charge in [0.15, 0.2) is 0 Å². The summed E-state index contributed by atoms with van der Waals surface area (Å²) in [6, 6.07) is 7.88. The molecule has 0 fully saturated rings. The van der Waals surface area contributed by atoms with E-state index in [0.717, 1.165) is 33.5 Å². The van der Waals surface area contributed by atoms with Crippen molar-refractivity contribution in [1.29, 1.82) is 0 Å². The van der Waals surface area contributed by atoms with Crippen LogP contribution in [-0.2, 0) is 13.5 Å². The molecule has 4 nitrogen and oxygen atoms in total. The van der Waals surface area contributed by atoms with E-state index in [4.69, 9.17) is 29.0 Å². The zero-order valence-electron chi connectivity index (χ0n) is 11.9. The van der Waals surface area contributed by atoms with Gasteiger partial charge in [0.2, 0.25) is 0 Å². The van der Waals surface area contributed by atoms with Gasteiger partial charge in [-0.1, -0.05) is 29.3 Å². The molecule has 1 aromatic heterocycles. The first-order valence-electron chi connectivity index (χ1n) is 6.53. The normalized spacial score (nSPS) is 12.6. The quantitative estimate of drug-likeness (QED) is 0.480. The van der Waals surface area contributed by atoms with E-state index < -0.39 is 0 Å². The number of rotatable bonds is 6. The first-order chi connectivity index (χ1) is 10.0. The summed E-state index contributed by atoms with van der Waals surface area (Å²) in [5, 5.41) is 5.77. The second kappa shape index (κ2) is 7.51. The molecule has 1 aromatic carbocycles. The highest BCUT2D eigenvalue weighted by molar-refractivity contribution is 7.99. The molecule has 0 spiro atoms. The number of hydrogen-bond acceptors (Lipinski definition) is 4. The smallest absolute Gasteiger partial charge is 0.0847 e. The minimum absolute atomic E-state index is 0.0984. The van der Waals surface area contributed by atoms with Crippen LogP contribution in [-0.4, -0.2) is 21.6 Å². The Morgan fingerprint density at radius 1 is 1.43 bits per heavy atom. The summed E-state index contributed by atoms with van der Waals surface area (Å²) in [5.41, 5.74) is 4.68. The standard InChI is InChI=1S/C14H18Cl2N4S/c1-9-14(16)13(20(2)19-9)7-11(18-17)8-21-12-5-3-4-10(15)6-12/h3-6,11,18H,7-8,17H2,1-2H3. The van der Waals surface area contributed by atoms with E-state index >= 15 is 0 Å². The van der Waals surface area contributed by atoms with Crippen molar-refractivity contribution in [3.63, 3.8) is 0 Å². The molecule has 1 heterocycles. The van der Waals surface area contributed by atoms with Crippen LogP contribution in [0.2, 0.25) is 10.0 Å². The number of nitrogens with one attached hydrogen (secondary N) is 1. The second-order valence-corrected chi connectivity index (χ2v) is 6.71. The number of hydrogen-bond donors (Lipinski definition) is 2. The third kappa shape index (κ3) is 4.37. The van der Waals surface area contributed by atoms with Crippen LogP contribution in [0.3, 0.4) is 0 Å². The molecular weight excluding hydrogens is 327 g/mol. The Morgan fingerprint density at radius 3 is 2.76 bits per heavy atom. The largest absolute Gasteiger partial charge is 0.271 e. The molecule has 3 N–H and O–H groups in total. The molecule has 0 aliphatic carbocycles. The maximum atomic E-state index is 6.28. The van der Waals surface area contributed by atoms with Gasteiger partial charge < -0.3 is 0 Å². The van der Waals surface area contributed by atoms with Crippen LogP contribution in [0.25, 0.3) is 0 Å². The minimum atomic E-state index is 0.0984. The summed E-state index contributed by atoms with van der Waals surface area (Å²) < 4.78 is 1.81. The van der Waals surface area contributed by atoms with Crippen LogP contribution in [0.5, 0.6) is 0 Å². The van der Waals surface area contributed by atoms with Gasteiger partial charge >= 0.3 is 0 Å². The number of thioether (sulfide) groups is 1. The fourth-order valence-electron chi connectivity index (χ4n) is 2.05. The second-order valence-electron chi connectivity index (χ2n) is 4.81. The Hall–Kier alpha value is -0.720. The predicted molar refractivity (Wildman–Crippen MR) is 89.9 cm³/mol. The SMILES string of the molecule is Cc1nn(C)c(CC(CSc2cccc(Cl)c2)NN)c1Cl. The van der Waals surface area contributed by atoms with Gasteiger partial charge in [-0.05, 0) is 25.1 Å². The molecule has 114 valence electrons. The van der Waals surface area contributed by atoms with E-state index in [1.54, 1.807) is 11.8 Å². The van der Waals surface area contributed by atoms with Crippen molar-refractivity contribution in [2.45, 2.75) is 24.3 Å². The predicted octanol–water partition coefficient (Wildman–Crippen LogP) is 3.20. The maximum Gasteiger partial charge on any atom is 0.0847 e. The lowest BCUT2D eigenvalue weighted by Crippen LogP contribution is -2.39. The molecule has 21 heavy (non-hydrogen) atoms. The zero-order chi connectivity index (χ0) is 15.4. The molecule has 2 rings (SSSR count). The van der Waals surface area contributed by atoms with Crippen LogP contribution in [0.4, 0.5) is 0 Å². The van der Waals surface area contributed by atoms with Crippen molar-refractivity contribution in [2.75, 3.05) is 5.75 Å². The van der Waals surface area contributed by atoms with Crippen molar-refractivity contribution >= 4 is 35.0 Å². The van der Waals surface area contributed by atoms with E-state index in [1.807, 2.05) is 42.9 Å². The van der Waals surface area contributed by atoms with E-state index in [2.05, 4.69) is 10.5 Å². The van der Waals surface area contributed by atoms with Gasteiger partial charge in [0.1, 0.15) is 0 Å². The van der Waals surface area contributed by atoms with Gasteiger partial charge in [0.25, 0.3) is 0 Å².